The van der Waals surface area contributed by atoms with Crippen LogP contribution >= 0.6 is 0 Å². The number of amides is 1. The standard InChI is InChI=1S/C26H28N2O3/c1-26(2,3)31-25(29)28-22-13-19(14-23(28)17-30-16-22)12-18-8-10-20(11-9-18)24-7-5-4-6-21(24)15-27/h4-11,13,22-23H,12,14,16-17H2,1-3H3. The van der Waals surface area contributed by atoms with E-state index in [-0.39, 0.29) is 18.2 Å². The quantitative estimate of drug-likeness (QED) is 0.653. The molecule has 2 aromatic carbocycles. The Labute approximate surface area is 183 Å². The molecule has 2 aliphatic heterocycles. The lowest BCUT2D eigenvalue weighted by Crippen LogP contribution is -2.57. The number of ether oxygens (including phenoxy) is 2. The van der Waals surface area contributed by atoms with Crippen LogP contribution in [0.5, 0.6) is 0 Å². The van der Waals surface area contributed by atoms with Gasteiger partial charge in [0.25, 0.3) is 0 Å². The van der Waals surface area contributed by atoms with Gasteiger partial charge in [-0.1, -0.05) is 54.1 Å². The van der Waals surface area contributed by atoms with Crippen LogP contribution in [-0.2, 0) is 15.9 Å². The molecule has 4 rings (SSSR count). The zero-order valence-corrected chi connectivity index (χ0v) is 18.3. The molecule has 1 saturated heterocycles. The van der Waals surface area contributed by atoms with Crippen molar-refractivity contribution in [3.63, 3.8) is 0 Å². The fourth-order valence-corrected chi connectivity index (χ4v) is 4.31. The van der Waals surface area contributed by atoms with E-state index in [9.17, 15) is 10.1 Å². The van der Waals surface area contributed by atoms with Gasteiger partial charge in [0, 0.05) is 0 Å². The zero-order chi connectivity index (χ0) is 22.0. The van der Waals surface area contributed by atoms with E-state index in [1.54, 1.807) is 0 Å². The molecule has 1 fully saturated rings. The van der Waals surface area contributed by atoms with E-state index in [4.69, 9.17) is 9.47 Å². The van der Waals surface area contributed by atoms with Crippen molar-refractivity contribution in [1.82, 2.24) is 4.90 Å². The Bertz CT molecular complexity index is 1030. The van der Waals surface area contributed by atoms with Crippen molar-refractivity contribution in [3.05, 3.63) is 71.3 Å². The molecule has 2 heterocycles. The van der Waals surface area contributed by atoms with Crippen molar-refractivity contribution in [2.45, 2.75) is 51.3 Å². The maximum absolute atomic E-state index is 12.7. The number of fused-ring (bicyclic) bond motifs is 2. The minimum Gasteiger partial charge on any atom is -0.444 e. The van der Waals surface area contributed by atoms with Gasteiger partial charge in [0.15, 0.2) is 0 Å². The zero-order valence-electron chi connectivity index (χ0n) is 18.3. The molecule has 0 spiro atoms. The number of rotatable bonds is 3. The first-order chi connectivity index (χ1) is 14.8. The molecule has 0 aliphatic carbocycles. The van der Waals surface area contributed by atoms with E-state index in [0.29, 0.717) is 18.8 Å². The first-order valence-electron chi connectivity index (χ1n) is 10.7. The number of nitrogens with zero attached hydrogens (tertiary/aromatic N) is 2. The highest BCUT2D eigenvalue weighted by atomic mass is 16.6. The van der Waals surface area contributed by atoms with Gasteiger partial charge in [0.05, 0.1) is 36.9 Å². The van der Waals surface area contributed by atoms with Gasteiger partial charge in [-0.05, 0) is 56.4 Å². The monoisotopic (exact) mass is 416 g/mol. The predicted octanol–water partition coefficient (Wildman–Crippen LogP) is 5.10. The maximum atomic E-state index is 12.7. The third kappa shape index (κ3) is 4.81. The van der Waals surface area contributed by atoms with Crippen LogP contribution in [-0.4, -0.2) is 41.9 Å². The molecule has 5 nitrogen and oxygen atoms in total. The first kappa shape index (κ1) is 21.1. The number of benzene rings is 2. The van der Waals surface area contributed by atoms with Gasteiger partial charge in [0.2, 0.25) is 0 Å². The predicted molar refractivity (Wildman–Crippen MR) is 119 cm³/mol. The molecule has 160 valence electrons. The molecular formula is C26H28N2O3. The van der Waals surface area contributed by atoms with Crippen molar-refractivity contribution in [2.75, 3.05) is 13.2 Å². The third-order valence-electron chi connectivity index (χ3n) is 5.62. The van der Waals surface area contributed by atoms with E-state index in [0.717, 1.165) is 24.0 Å². The molecule has 0 saturated carbocycles. The number of hydrogen-bond donors (Lipinski definition) is 0. The summed E-state index contributed by atoms with van der Waals surface area (Å²) in [5.74, 6) is 0. The van der Waals surface area contributed by atoms with E-state index in [1.807, 2.05) is 49.9 Å². The van der Waals surface area contributed by atoms with Crippen LogP contribution in [0, 0.1) is 11.3 Å². The van der Waals surface area contributed by atoms with Crippen molar-refractivity contribution in [1.29, 1.82) is 5.26 Å². The number of morpholine rings is 1. The van der Waals surface area contributed by atoms with Gasteiger partial charge in [-0.15, -0.1) is 0 Å². The number of hydrogen-bond acceptors (Lipinski definition) is 4. The largest absolute Gasteiger partial charge is 0.444 e. The second kappa shape index (κ2) is 8.56. The van der Waals surface area contributed by atoms with Crippen LogP contribution in [0.3, 0.4) is 0 Å². The van der Waals surface area contributed by atoms with Gasteiger partial charge < -0.3 is 9.47 Å². The van der Waals surface area contributed by atoms with Gasteiger partial charge >= 0.3 is 6.09 Å². The highest BCUT2D eigenvalue weighted by molar-refractivity contribution is 5.71. The maximum Gasteiger partial charge on any atom is 0.411 e. The fourth-order valence-electron chi connectivity index (χ4n) is 4.31. The van der Waals surface area contributed by atoms with E-state index < -0.39 is 5.60 Å². The minimum atomic E-state index is -0.512. The Morgan fingerprint density at radius 2 is 1.90 bits per heavy atom. The molecule has 2 aromatic rings. The van der Waals surface area contributed by atoms with Crippen molar-refractivity contribution in [3.8, 4) is 17.2 Å². The summed E-state index contributed by atoms with van der Waals surface area (Å²) in [6.45, 7) is 6.71. The lowest BCUT2D eigenvalue weighted by Gasteiger charge is -2.44. The Morgan fingerprint density at radius 1 is 1.16 bits per heavy atom. The summed E-state index contributed by atoms with van der Waals surface area (Å²) < 4.78 is 11.3. The van der Waals surface area contributed by atoms with Crippen molar-refractivity contribution in [2.24, 2.45) is 0 Å². The van der Waals surface area contributed by atoms with Crippen molar-refractivity contribution >= 4 is 6.09 Å². The Hall–Kier alpha value is -3.10. The summed E-state index contributed by atoms with van der Waals surface area (Å²) >= 11 is 0. The Morgan fingerprint density at radius 3 is 2.58 bits per heavy atom. The summed E-state index contributed by atoms with van der Waals surface area (Å²) in [5.41, 5.74) is 4.70. The van der Waals surface area contributed by atoms with Crippen molar-refractivity contribution < 1.29 is 14.3 Å². The second-order valence-corrected chi connectivity index (χ2v) is 9.21. The van der Waals surface area contributed by atoms with Gasteiger partial charge in [0.1, 0.15) is 5.60 Å². The molecule has 2 bridgehead atoms. The highest BCUT2D eigenvalue weighted by Gasteiger charge is 2.39. The van der Waals surface area contributed by atoms with E-state index in [1.165, 1.54) is 11.1 Å². The lowest BCUT2D eigenvalue weighted by atomic mass is 9.90. The molecule has 31 heavy (non-hydrogen) atoms. The van der Waals surface area contributed by atoms with Crippen LogP contribution in [0.4, 0.5) is 4.79 Å². The number of carbonyl (C=O) groups is 1. The van der Waals surface area contributed by atoms with Gasteiger partial charge in [-0.25, -0.2) is 4.79 Å². The van der Waals surface area contributed by atoms with E-state index >= 15 is 0 Å². The van der Waals surface area contributed by atoms with Gasteiger partial charge in [-0.3, -0.25) is 4.90 Å². The van der Waals surface area contributed by atoms with E-state index in [2.05, 4.69) is 36.4 Å². The normalized spacial score (nSPS) is 20.6. The molecule has 2 aliphatic rings. The van der Waals surface area contributed by atoms with Crippen LogP contribution in [0.25, 0.3) is 11.1 Å². The SMILES string of the molecule is CC(C)(C)OC(=O)N1C2C=C(Cc3ccc(-c4ccccc4C#N)cc3)CC1COC2. The van der Waals surface area contributed by atoms with Gasteiger partial charge in [-0.2, -0.15) is 5.26 Å². The molecule has 1 amide bonds. The minimum absolute atomic E-state index is 0.00961. The molecule has 5 heteroatoms. The van der Waals surface area contributed by atoms with Crippen LogP contribution in [0.2, 0.25) is 0 Å². The summed E-state index contributed by atoms with van der Waals surface area (Å²) in [6.07, 6.45) is 3.53. The number of carbonyl (C=O) groups excluding carboxylic acids is 1. The lowest BCUT2D eigenvalue weighted by molar-refractivity contribution is -0.0536. The Kier molecular flexibility index (Phi) is 5.84. The molecule has 2 unspecified atom stereocenters. The molecule has 0 radical (unpaired) electrons. The number of nitriles is 1. The fraction of sp³-hybridized carbons (Fsp3) is 0.385. The molecular weight excluding hydrogens is 388 g/mol. The van der Waals surface area contributed by atoms with Crippen LogP contribution < -0.4 is 0 Å². The first-order valence-corrected chi connectivity index (χ1v) is 10.7. The Balaban J connectivity index is 1.49. The second-order valence-electron chi connectivity index (χ2n) is 9.21. The average molecular weight is 417 g/mol. The summed E-state index contributed by atoms with van der Waals surface area (Å²) in [5, 5.41) is 9.35. The molecule has 0 aromatic heterocycles. The summed E-state index contributed by atoms with van der Waals surface area (Å²) in [7, 11) is 0. The smallest absolute Gasteiger partial charge is 0.411 e. The third-order valence-corrected chi connectivity index (χ3v) is 5.62. The average Bonchev–Trinajstić information content (AvgIpc) is 2.72. The summed E-state index contributed by atoms with van der Waals surface area (Å²) in [6, 6.07) is 18.2. The topological polar surface area (TPSA) is 62.6 Å². The van der Waals surface area contributed by atoms with Crippen LogP contribution in [0.1, 0.15) is 38.3 Å². The summed E-state index contributed by atoms with van der Waals surface area (Å²) in [4.78, 5) is 14.6. The van der Waals surface area contributed by atoms with Crippen LogP contribution in [0.15, 0.2) is 60.2 Å². The highest BCUT2D eigenvalue weighted by Crippen LogP contribution is 2.31. The molecule has 2 atom stereocenters. The molecule has 0 N–H and O–H groups in total.